The van der Waals surface area contributed by atoms with Gasteiger partial charge in [-0.3, -0.25) is 4.79 Å². The summed E-state index contributed by atoms with van der Waals surface area (Å²) < 4.78 is 0. The summed E-state index contributed by atoms with van der Waals surface area (Å²) in [7, 11) is 0. The number of hydrogen-bond donors (Lipinski definition) is 2. The van der Waals surface area contributed by atoms with Crippen LogP contribution in [0.15, 0.2) is 18.2 Å². The fourth-order valence-corrected chi connectivity index (χ4v) is 2.51. The molecule has 0 bridgehead atoms. The van der Waals surface area contributed by atoms with Crippen LogP contribution in [0.3, 0.4) is 0 Å². The van der Waals surface area contributed by atoms with Gasteiger partial charge >= 0.3 is 0 Å². The molecule has 0 amide bonds. The van der Waals surface area contributed by atoms with Crippen molar-refractivity contribution in [2.75, 3.05) is 37.2 Å². The maximum Gasteiger partial charge on any atom is 0.161 e. The highest BCUT2D eigenvalue weighted by Crippen LogP contribution is 2.18. The van der Waals surface area contributed by atoms with Gasteiger partial charge < -0.3 is 16.0 Å². The Morgan fingerprint density at radius 3 is 2.74 bits per heavy atom. The SMILES string of the molecule is CC(=O)c1cc(NCCN2CCCCC2)ccc1N. The average Bonchev–Trinajstić information content (AvgIpc) is 2.41. The van der Waals surface area contributed by atoms with Crippen LogP contribution in [0, 0.1) is 0 Å². The van der Waals surface area contributed by atoms with E-state index >= 15 is 0 Å². The minimum absolute atomic E-state index is 0.0113. The maximum atomic E-state index is 11.4. The Hall–Kier alpha value is -1.55. The summed E-state index contributed by atoms with van der Waals surface area (Å²) in [4.78, 5) is 13.9. The van der Waals surface area contributed by atoms with Gasteiger partial charge in [-0.05, 0) is 51.1 Å². The van der Waals surface area contributed by atoms with E-state index < -0.39 is 0 Å². The van der Waals surface area contributed by atoms with Crippen molar-refractivity contribution in [2.45, 2.75) is 26.2 Å². The van der Waals surface area contributed by atoms with Gasteiger partial charge in [0.15, 0.2) is 5.78 Å². The minimum atomic E-state index is 0.0113. The molecule has 1 aromatic rings. The Morgan fingerprint density at radius 1 is 1.32 bits per heavy atom. The second kappa shape index (κ2) is 6.57. The molecule has 4 nitrogen and oxygen atoms in total. The van der Waals surface area contributed by atoms with E-state index in [1.807, 2.05) is 12.1 Å². The molecule has 1 fully saturated rings. The molecular weight excluding hydrogens is 238 g/mol. The van der Waals surface area contributed by atoms with Crippen molar-refractivity contribution >= 4 is 17.2 Å². The Labute approximate surface area is 115 Å². The number of hydrogen-bond acceptors (Lipinski definition) is 4. The summed E-state index contributed by atoms with van der Waals surface area (Å²) in [5.41, 5.74) is 7.90. The number of anilines is 2. The van der Waals surface area contributed by atoms with Gasteiger partial charge in [0.25, 0.3) is 0 Å². The Balaban J connectivity index is 1.85. The fraction of sp³-hybridized carbons (Fsp3) is 0.533. The van der Waals surface area contributed by atoms with Crippen molar-refractivity contribution in [2.24, 2.45) is 0 Å². The van der Waals surface area contributed by atoms with Crippen molar-refractivity contribution in [1.82, 2.24) is 4.90 Å². The first-order chi connectivity index (χ1) is 9.16. The van der Waals surface area contributed by atoms with Gasteiger partial charge in [0.1, 0.15) is 0 Å². The van der Waals surface area contributed by atoms with Crippen LogP contribution in [0.25, 0.3) is 0 Å². The van der Waals surface area contributed by atoms with Crippen molar-refractivity contribution in [3.8, 4) is 0 Å². The van der Waals surface area contributed by atoms with Crippen LogP contribution >= 0.6 is 0 Å². The van der Waals surface area contributed by atoms with Gasteiger partial charge in [-0.25, -0.2) is 0 Å². The third kappa shape index (κ3) is 3.96. The third-order valence-corrected chi connectivity index (χ3v) is 3.64. The number of carbonyl (C=O) groups is 1. The molecule has 0 radical (unpaired) electrons. The number of rotatable bonds is 5. The molecule has 1 saturated heterocycles. The molecular formula is C15H23N3O. The van der Waals surface area contributed by atoms with E-state index in [-0.39, 0.29) is 5.78 Å². The molecule has 0 saturated carbocycles. The zero-order valence-corrected chi connectivity index (χ0v) is 11.6. The lowest BCUT2D eigenvalue weighted by molar-refractivity contribution is 0.101. The number of nitrogens with zero attached hydrogens (tertiary/aromatic N) is 1. The predicted molar refractivity (Wildman–Crippen MR) is 79.6 cm³/mol. The number of benzene rings is 1. The highest BCUT2D eigenvalue weighted by molar-refractivity contribution is 5.99. The normalized spacial score (nSPS) is 16.3. The van der Waals surface area contributed by atoms with Crippen molar-refractivity contribution in [1.29, 1.82) is 0 Å². The van der Waals surface area contributed by atoms with E-state index in [9.17, 15) is 4.79 Å². The second-order valence-corrected chi connectivity index (χ2v) is 5.19. The van der Waals surface area contributed by atoms with Gasteiger partial charge in [-0.2, -0.15) is 0 Å². The molecule has 19 heavy (non-hydrogen) atoms. The molecule has 0 spiro atoms. The van der Waals surface area contributed by atoms with Gasteiger partial charge in [-0.15, -0.1) is 0 Å². The van der Waals surface area contributed by atoms with E-state index in [1.54, 1.807) is 13.0 Å². The zero-order chi connectivity index (χ0) is 13.7. The van der Waals surface area contributed by atoms with Crippen LogP contribution in [0.5, 0.6) is 0 Å². The largest absolute Gasteiger partial charge is 0.398 e. The fourth-order valence-electron chi connectivity index (χ4n) is 2.51. The van der Waals surface area contributed by atoms with Gasteiger partial charge in [0.05, 0.1) is 0 Å². The standard InChI is InChI=1S/C15H23N3O/c1-12(19)14-11-13(5-6-15(14)16)17-7-10-18-8-3-2-4-9-18/h5-6,11,17H,2-4,7-10,16H2,1H3. The summed E-state index contributed by atoms with van der Waals surface area (Å²) in [6.45, 7) is 5.93. The molecule has 1 aromatic carbocycles. The summed E-state index contributed by atoms with van der Waals surface area (Å²) in [5, 5.41) is 3.36. The highest BCUT2D eigenvalue weighted by atomic mass is 16.1. The van der Waals surface area contributed by atoms with E-state index in [4.69, 9.17) is 5.73 Å². The molecule has 1 aliphatic rings. The molecule has 0 aliphatic carbocycles. The lowest BCUT2D eigenvalue weighted by atomic mass is 10.1. The van der Waals surface area contributed by atoms with Crippen LogP contribution < -0.4 is 11.1 Å². The first kappa shape index (κ1) is 13.9. The Kier molecular flexibility index (Phi) is 4.80. The van der Waals surface area contributed by atoms with Gasteiger partial charge in [-0.1, -0.05) is 6.42 Å². The van der Waals surface area contributed by atoms with E-state index in [2.05, 4.69) is 10.2 Å². The number of nitrogen functional groups attached to an aromatic ring is 1. The summed E-state index contributed by atoms with van der Waals surface area (Å²) in [6, 6.07) is 5.56. The van der Waals surface area contributed by atoms with E-state index in [0.717, 1.165) is 18.8 Å². The molecule has 1 heterocycles. The van der Waals surface area contributed by atoms with Crippen molar-refractivity contribution in [3.05, 3.63) is 23.8 Å². The predicted octanol–water partition coefficient (Wildman–Crippen LogP) is 2.37. The number of ketones is 1. The Bertz CT molecular complexity index is 439. The third-order valence-electron chi connectivity index (χ3n) is 3.64. The van der Waals surface area contributed by atoms with Gasteiger partial charge in [0.2, 0.25) is 0 Å². The molecule has 1 aliphatic heterocycles. The van der Waals surface area contributed by atoms with Crippen LogP contribution in [0.2, 0.25) is 0 Å². The van der Waals surface area contributed by atoms with Crippen LogP contribution in [-0.2, 0) is 0 Å². The molecule has 2 rings (SSSR count). The smallest absolute Gasteiger partial charge is 0.161 e. The van der Waals surface area contributed by atoms with Crippen molar-refractivity contribution in [3.63, 3.8) is 0 Å². The molecule has 3 N–H and O–H groups in total. The van der Waals surface area contributed by atoms with Crippen molar-refractivity contribution < 1.29 is 4.79 Å². The Morgan fingerprint density at radius 2 is 2.05 bits per heavy atom. The molecule has 4 heteroatoms. The zero-order valence-electron chi connectivity index (χ0n) is 11.6. The quantitative estimate of drug-likeness (QED) is 0.631. The van der Waals surface area contributed by atoms with Crippen LogP contribution in [0.4, 0.5) is 11.4 Å². The number of nitrogens with one attached hydrogen (secondary N) is 1. The van der Waals surface area contributed by atoms with E-state index in [0.29, 0.717) is 11.3 Å². The maximum absolute atomic E-state index is 11.4. The number of likely N-dealkylation sites (tertiary alicyclic amines) is 1. The van der Waals surface area contributed by atoms with Crippen LogP contribution in [0.1, 0.15) is 36.5 Å². The first-order valence-electron chi connectivity index (χ1n) is 7.03. The number of Topliss-reactive ketones (excluding diaryl/α,β-unsaturated/α-hetero) is 1. The van der Waals surface area contributed by atoms with Crippen LogP contribution in [-0.4, -0.2) is 36.9 Å². The highest BCUT2D eigenvalue weighted by Gasteiger charge is 2.09. The topological polar surface area (TPSA) is 58.4 Å². The monoisotopic (exact) mass is 261 g/mol. The number of carbonyl (C=O) groups excluding carboxylic acids is 1. The minimum Gasteiger partial charge on any atom is -0.398 e. The van der Waals surface area contributed by atoms with E-state index in [1.165, 1.54) is 32.4 Å². The average molecular weight is 261 g/mol. The summed E-state index contributed by atoms with van der Waals surface area (Å²) in [5.74, 6) is 0.0113. The molecule has 0 aromatic heterocycles. The number of piperidine rings is 1. The second-order valence-electron chi connectivity index (χ2n) is 5.19. The van der Waals surface area contributed by atoms with Gasteiger partial charge in [0, 0.05) is 30.0 Å². The lowest BCUT2D eigenvalue weighted by Gasteiger charge is -2.26. The molecule has 0 unspecified atom stereocenters. The summed E-state index contributed by atoms with van der Waals surface area (Å²) in [6.07, 6.45) is 4.00. The summed E-state index contributed by atoms with van der Waals surface area (Å²) >= 11 is 0. The molecule has 0 atom stereocenters. The first-order valence-corrected chi connectivity index (χ1v) is 7.03. The lowest BCUT2D eigenvalue weighted by Crippen LogP contribution is -2.33. The molecule has 104 valence electrons. The number of nitrogens with two attached hydrogens (primary N) is 1.